The second-order valence-corrected chi connectivity index (χ2v) is 9.70. The number of pyridine rings is 2. The lowest BCUT2D eigenvalue weighted by Gasteiger charge is -2.24. The highest BCUT2D eigenvalue weighted by molar-refractivity contribution is 6.10. The normalized spacial score (nSPS) is 19.1. The van der Waals surface area contributed by atoms with Crippen molar-refractivity contribution in [2.45, 2.75) is 65.2 Å². The van der Waals surface area contributed by atoms with Gasteiger partial charge in [-0.2, -0.15) is 0 Å². The number of hydrogen-bond acceptors (Lipinski definition) is 7. The molecule has 2 aliphatic heterocycles. The summed E-state index contributed by atoms with van der Waals surface area (Å²) in [5, 5.41) is 12.1. The van der Waals surface area contributed by atoms with Gasteiger partial charge in [-0.05, 0) is 52.4 Å². The molecule has 0 aromatic carbocycles. The Hall–Kier alpha value is -3.33. The van der Waals surface area contributed by atoms with Crippen LogP contribution in [0.1, 0.15) is 73.5 Å². The van der Waals surface area contributed by atoms with Gasteiger partial charge in [0.1, 0.15) is 23.2 Å². The summed E-state index contributed by atoms with van der Waals surface area (Å²) in [5.74, 6) is 3.51. The van der Waals surface area contributed by atoms with Crippen LogP contribution in [0.25, 0.3) is 11.5 Å². The zero-order valence-electron chi connectivity index (χ0n) is 20.7. The molecule has 0 bridgehead atoms. The maximum atomic E-state index is 13.6. The van der Waals surface area contributed by atoms with Crippen LogP contribution >= 0.6 is 0 Å². The minimum Gasteiger partial charge on any atom is -0.357 e. The molecule has 1 amide bonds. The molecule has 9 heteroatoms. The Bertz CT molecular complexity index is 1250. The Balaban J connectivity index is 1.52. The molecule has 3 aromatic rings. The molecule has 0 radical (unpaired) electrons. The number of amides is 1. The fraction of sp³-hybridized carbons (Fsp3) is 0.480. The standard InChI is InChI=1S/C25H32N8O/c1-14(2)31(6)22-11-17-18(20(28-22)12-26-5)13-32(25(17)34)21-9-7-8-19(27-21)24-30-29-23-15(3)10-16(4)33(23)24/h7-9,11,14-16,26H,10,12-13H2,1-6H3/t15-,16+/m1/s1. The topological polar surface area (TPSA) is 92.1 Å². The molecule has 0 unspecified atom stereocenters. The fourth-order valence-electron chi connectivity index (χ4n) is 4.97. The highest BCUT2D eigenvalue weighted by atomic mass is 16.2. The lowest BCUT2D eigenvalue weighted by Crippen LogP contribution is -2.27. The number of hydrogen-bond donors (Lipinski definition) is 1. The first-order valence-corrected chi connectivity index (χ1v) is 11.9. The summed E-state index contributed by atoms with van der Waals surface area (Å²) in [7, 11) is 3.90. The van der Waals surface area contributed by atoms with Crippen LogP contribution in [0.5, 0.6) is 0 Å². The number of fused-ring (bicyclic) bond motifs is 2. The van der Waals surface area contributed by atoms with Gasteiger partial charge in [-0.3, -0.25) is 9.69 Å². The minimum atomic E-state index is -0.0497. The van der Waals surface area contributed by atoms with Gasteiger partial charge in [0, 0.05) is 37.2 Å². The average Bonchev–Trinajstić information content (AvgIpc) is 3.48. The number of carbonyl (C=O) groups is 1. The Labute approximate surface area is 200 Å². The highest BCUT2D eigenvalue weighted by Gasteiger charge is 2.34. The van der Waals surface area contributed by atoms with Crippen LogP contribution in [0.2, 0.25) is 0 Å². The van der Waals surface area contributed by atoms with E-state index in [2.05, 4.69) is 52.7 Å². The van der Waals surface area contributed by atoms with E-state index in [0.29, 0.717) is 36.4 Å². The van der Waals surface area contributed by atoms with E-state index in [4.69, 9.17) is 9.97 Å². The maximum Gasteiger partial charge on any atom is 0.260 e. The van der Waals surface area contributed by atoms with Crippen molar-refractivity contribution in [3.05, 3.63) is 46.9 Å². The average molecular weight is 461 g/mol. The summed E-state index contributed by atoms with van der Waals surface area (Å²) >= 11 is 0. The highest BCUT2D eigenvalue weighted by Crippen LogP contribution is 2.38. The molecule has 5 rings (SSSR count). The van der Waals surface area contributed by atoms with E-state index in [0.717, 1.165) is 40.8 Å². The lowest BCUT2D eigenvalue weighted by molar-refractivity contribution is 0.0996. The number of aromatic nitrogens is 5. The van der Waals surface area contributed by atoms with Gasteiger partial charge < -0.3 is 14.8 Å². The second-order valence-electron chi connectivity index (χ2n) is 9.70. The monoisotopic (exact) mass is 460 g/mol. The van der Waals surface area contributed by atoms with Crippen LogP contribution in [0.15, 0.2) is 24.3 Å². The van der Waals surface area contributed by atoms with E-state index >= 15 is 0 Å². The molecule has 0 saturated carbocycles. The SMILES string of the molecule is CNCc1nc(N(C)C(C)C)cc2c1CN(c1cccc(-c3nnc4n3[C@@H](C)C[C@H]4C)n1)C2=O. The van der Waals surface area contributed by atoms with Crippen LogP contribution in [-0.2, 0) is 13.1 Å². The molecule has 178 valence electrons. The third-order valence-corrected chi connectivity index (χ3v) is 7.01. The summed E-state index contributed by atoms with van der Waals surface area (Å²) < 4.78 is 2.18. The first-order chi connectivity index (χ1) is 16.3. The molecule has 0 fully saturated rings. The van der Waals surface area contributed by atoms with Crippen LogP contribution in [0.3, 0.4) is 0 Å². The number of nitrogens with one attached hydrogen (secondary N) is 1. The first-order valence-electron chi connectivity index (χ1n) is 11.9. The van der Waals surface area contributed by atoms with Crippen molar-refractivity contribution >= 4 is 17.5 Å². The summed E-state index contributed by atoms with van der Waals surface area (Å²) in [6, 6.07) is 8.26. The van der Waals surface area contributed by atoms with Crippen molar-refractivity contribution in [3.63, 3.8) is 0 Å². The second kappa shape index (κ2) is 8.47. The summed E-state index contributed by atoms with van der Waals surface area (Å²) in [4.78, 5) is 27.1. The van der Waals surface area contributed by atoms with Crippen LogP contribution < -0.4 is 15.1 Å². The predicted octanol–water partition coefficient (Wildman–Crippen LogP) is 3.53. The Morgan fingerprint density at radius 3 is 2.74 bits per heavy atom. The van der Waals surface area contributed by atoms with E-state index in [-0.39, 0.29) is 11.9 Å². The zero-order valence-corrected chi connectivity index (χ0v) is 20.7. The van der Waals surface area contributed by atoms with Crippen LogP contribution in [0, 0.1) is 0 Å². The molecule has 9 nitrogen and oxygen atoms in total. The first kappa shape index (κ1) is 22.5. The minimum absolute atomic E-state index is 0.0497. The molecule has 0 saturated heterocycles. The van der Waals surface area contributed by atoms with Gasteiger partial charge in [0.15, 0.2) is 5.82 Å². The van der Waals surface area contributed by atoms with Crippen molar-refractivity contribution in [1.82, 2.24) is 30.0 Å². The Morgan fingerprint density at radius 1 is 1.21 bits per heavy atom. The molecule has 34 heavy (non-hydrogen) atoms. The summed E-state index contributed by atoms with van der Waals surface area (Å²) in [6.45, 7) is 9.63. The van der Waals surface area contributed by atoms with E-state index in [9.17, 15) is 4.79 Å². The zero-order chi connectivity index (χ0) is 24.1. The fourth-order valence-corrected chi connectivity index (χ4v) is 4.97. The maximum absolute atomic E-state index is 13.6. The van der Waals surface area contributed by atoms with Gasteiger partial charge >= 0.3 is 0 Å². The molecule has 2 atom stereocenters. The molecular weight excluding hydrogens is 428 g/mol. The molecular formula is C25H32N8O. The lowest BCUT2D eigenvalue weighted by atomic mass is 10.1. The van der Waals surface area contributed by atoms with Gasteiger partial charge in [0.05, 0.1) is 17.8 Å². The van der Waals surface area contributed by atoms with Crippen molar-refractivity contribution in [2.75, 3.05) is 23.9 Å². The number of rotatable bonds is 6. The summed E-state index contributed by atoms with van der Waals surface area (Å²) in [5.41, 5.74) is 3.28. The number of nitrogens with zero attached hydrogens (tertiary/aromatic N) is 7. The molecule has 2 aliphatic rings. The van der Waals surface area contributed by atoms with Gasteiger partial charge in [-0.1, -0.05) is 13.0 Å². The van der Waals surface area contributed by atoms with Crippen molar-refractivity contribution in [2.24, 2.45) is 0 Å². The van der Waals surface area contributed by atoms with Crippen molar-refractivity contribution in [1.29, 1.82) is 0 Å². The van der Waals surface area contributed by atoms with Crippen LogP contribution in [-0.4, -0.2) is 50.8 Å². The van der Waals surface area contributed by atoms with Gasteiger partial charge in [-0.25, -0.2) is 9.97 Å². The molecule has 0 spiro atoms. The van der Waals surface area contributed by atoms with E-state index < -0.39 is 0 Å². The van der Waals surface area contributed by atoms with Crippen molar-refractivity contribution in [3.8, 4) is 11.5 Å². The van der Waals surface area contributed by atoms with E-state index in [1.807, 2.05) is 38.4 Å². The molecule has 1 N–H and O–H groups in total. The number of carbonyl (C=O) groups excluding carboxylic acids is 1. The van der Waals surface area contributed by atoms with Gasteiger partial charge in [0.25, 0.3) is 5.91 Å². The third kappa shape index (κ3) is 3.55. The predicted molar refractivity (Wildman–Crippen MR) is 132 cm³/mol. The van der Waals surface area contributed by atoms with Gasteiger partial charge in [0.2, 0.25) is 0 Å². The van der Waals surface area contributed by atoms with Crippen molar-refractivity contribution < 1.29 is 4.79 Å². The molecule has 3 aromatic heterocycles. The van der Waals surface area contributed by atoms with Crippen LogP contribution in [0.4, 0.5) is 11.6 Å². The quantitative estimate of drug-likeness (QED) is 0.602. The molecule has 0 aliphatic carbocycles. The third-order valence-electron chi connectivity index (χ3n) is 7.01. The largest absolute Gasteiger partial charge is 0.357 e. The summed E-state index contributed by atoms with van der Waals surface area (Å²) in [6.07, 6.45) is 1.05. The van der Waals surface area contributed by atoms with Gasteiger partial charge in [-0.15, -0.1) is 10.2 Å². The Kier molecular flexibility index (Phi) is 5.59. The number of anilines is 2. The molecule has 5 heterocycles. The van der Waals surface area contributed by atoms with E-state index in [1.165, 1.54) is 0 Å². The smallest absolute Gasteiger partial charge is 0.260 e. The van der Waals surface area contributed by atoms with E-state index in [1.54, 1.807) is 4.90 Å². The Morgan fingerprint density at radius 2 is 2.00 bits per heavy atom.